The van der Waals surface area contributed by atoms with Gasteiger partial charge in [0.2, 0.25) is 0 Å². The molecule has 1 aliphatic rings. The Kier molecular flexibility index (Phi) is 6.50. The Bertz CT molecular complexity index is 827. The molecule has 3 rings (SSSR count). The van der Waals surface area contributed by atoms with Crippen LogP contribution in [0.5, 0.6) is 0 Å². The number of ether oxygens (including phenoxy) is 1. The number of hydrogen-bond donors (Lipinski definition) is 1. The third-order valence-corrected chi connectivity index (χ3v) is 5.57. The van der Waals surface area contributed by atoms with Gasteiger partial charge in [-0.1, -0.05) is 36.4 Å². The summed E-state index contributed by atoms with van der Waals surface area (Å²) >= 11 is 1.05. The average molecular weight is 387 g/mol. The van der Waals surface area contributed by atoms with E-state index >= 15 is 0 Å². The van der Waals surface area contributed by atoms with Gasteiger partial charge in [0, 0.05) is 4.90 Å². The number of nitrogens with one attached hydrogen (secondary N) is 1. The van der Waals surface area contributed by atoms with E-state index in [-0.39, 0.29) is 23.5 Å². The summed E-state index contributed by atoms with van der Waals surface area (Å²) in [5.41, 5.74) is 2.38. The minimum Gasteiger partial charge on any atom is -0.452 e. The molecule has 0 spiro atoms. The second kappa shape index (κ2) is 9.04. The Hall–Kier alpha value is -2.34. The smallest absolute Gasteiger partial charge is 0.317 e. The third-order valence-electron chi connectivity index (χ3n) is 4.55. The summed E-state index contributed by atoms with van der Waals surface area (Å²) in [4.78, 5) is 24.8. The van der Waals surface area contributed by atoms with E-state index in [2.05, 4.69) is 11.4 Å². The zero-order valence-electron chi connectivity index (χ0n) is 15.1. The van der Waals surface area contributed by atoms with Crippen molar-refractivity contribution in [3.05, 3.63) is 65.5 Å². The third kappa shape index (κ3) is 5.10. The molecule has 2 atom stereocenters. The second-order valence-electron chi connectivity index (χ2n) is 6.50. The fraction of sp³-hybridized carbons (Fsp3) is 0.333. The summed E-state index contributed by atoms with van der Waals surface area (Å²) in [6.45, 7) is 1.55. The maximum Gasteiger partial charge on any atom is 0.317 e. The second-order valence-corrected chi connectivity index (χ2v) is 7.52. The van der Waals surface area contributed by atoms with E-state index in [1.165, 1.54) is 11.6 Å². The van der Waals surface area contributed by atoms with Gasteiger partial charge in [-0.3, -0.25) is 9.59 Å². The number of carbonyl (C=O) groups excluding carboxylic acids is 2. The largest absolute Gasteiger partial charge is 0.452 e. The van der Waals surface area contributed by atoms with Crippen LogP contribution < -0.4 is 5.32 Å². The highest BCUT2D eigenvalue weighted by molar-refractivity contribution is 8.00. The highest BCUT2D eigenvalue weighted by Gasteiger charge is 2.25. The zero-order valence-corrected chi connectivity index (χ0v) is 15.9. The molecule has 1 amide bonds. The molecule has 4 nitrogen and oxygen atoms in total. The molecule has 0 fully saturated rings. The molecule has 0 unspecified atom stereocenters. The van der Waals surface area contributed by atoms with Crippen LogP contribution in [0.25, 0.3) is 0 Å². The van der Waals surface area contributed by atoms with Crippen LogP contribution in [-0.2, 0) is 20.7 Å². The Morgan fingerprint density at radius 2 is 1.96 bits per heavy atom. The fourth-order valence-corrected chi connectivity index (χ4v) is 3.90. The van der Waals surface area contributed by atoms with Crippen LogP contribution >= 0.6 is 11.8 Å². The van der Waals surface area contributed by atoms with Crippen LogP contribution in [0.2, 0.25) is 0 Å². The number of esters is 1. The molecule has 6 heteroatoms. The van der Waals surface area contributed by atoms with Crippen molar-refractivity contribution in [3.63, 3.8) is 0 Å². The van der Waals surface area contributed by atoms with Gasteiger partial charge in [0.15, 0.2) is 6.10 Å². The molecule has 0 saturated carbocycles. The van der Waals surface area contributed by atoms with Crippen molar-refractivity contribution < 1.29 is 18.7 Å². The number of rotatable bonds is 6. The van der Waals surface area contributed by atoms with Gasteiger partial charge in [-0.15, -0.1) is 11.8 Å². The molecule has 0 radical (unpaired) electrons. The molecule has 0 aromatic heterocycles. The Morgan fingerprint density at radius 3 is 2.78 bits per heavy atom. The molecular formula is C21H22FNO3S. The van der Waals surface area contributed by atoms with Gasteiger partial charge in [-0.25, -0.2) is 4.39 Å². The maximum atomic E-state index is 13.6. The number of fused-ring (bicyclic) bond motifs is 1. The van der Waals surface area contributed by atoms with Crippen LogP contribution in [0.1, 0.15) is 36.9 Å². The quantitative estimate of drug-likeness (QED) is 0.600. The van der Waals surface area contributed by atoms with E-state index in [4.69, 9.17) is 4.74 Å². The minimum absolute atomic E-state index is 0.0508. The summed E-state index contributed by atoms with van der Waals surface area (Å²) in [5, 5.41) is 2.98. The van der Waals surface area contributed by atoms with E-state index in [0.717, 1.165) is 36.6 Å². The molecule has 0 saturated heterocycles. The number of halogens is 1. The summed E-state index contributed by atoms with van der Waals surface area (Å²) in [6, 6.07) is 14.3. The molecule has 1 N–H and O–H groups in total. The first-order chi connectivity index (χ1) is 13.0. The van der Waals surface area contributed by atoms with Crippen LogP contribution in [0.3, 0.4) is 0 Å². The molecule has 142 valence electrons. The minimum atomic E-state index is -0.896. The van der Waals surface area contributed by atoms with Gasteiger partial charge in [-0.05, 0) is 49.4 Å². The van der Waals surface area contributed by atoms with Crippen molar-refractivity contribution in [2.24, 2.45) is 0 Å². The Labute approximate surface area is 162 Å². The van der Waals surface area contributed by atoms with Crippen LogP contribution in [0, 0.1) is 5.82 Å². The van der Waals surface area contributed by atoms with Gasteiger partial charge in [0.05, 0.1) is 11.8 Å². The van der Waals surface area contributed by atoms with Crippen molar-refractivity contribution in [1.82, 2.24) is 5.32 Å². The Morgan fingerprint density at radius 1 is 1.22 bits per heavy atom. The van der Waals surface area contributed by atoms with E-state index in [9.17, 15) is 14.0 Å². The topological polar surface area (TPSA) is 55.4 Å². The summed E-state index contributed by atoms with van der Waals surface area (Å²) in [5.74, 6) is -1.29. The highest BCUT2D eigenvalue weighted by atomic mass is 32.2. The first-order valence-electron chi connectivity index (χ1n) is 8.99. The number of aryl methyl sites for hydroxylation is 1. The first-order valence-corrected chi connectivity index (χ1v) is 9.98. The molecular weight excluding hydrogens is 365 g/mol. The molecule has 0 bridgehead atoms. The SMILES string of the molecule is C[C@@H](OC(=O)CSc1ccccc1F)C(=O)N[C@H]1CCCc2ccccc21. The van der Waals surface area contributed by atoms with Crippen LogP contribution in [-0.4, -0.2) is 23.7 Å². The molecule has 27 heavy (non-hydrogen) atoms. The highest BCUT2D eigenvalue weighted by Crippen LogP contribution is 2.29. The van der Waals surface area contributed by atoms with Crippen LogP contribution in [0.4, 0.5) is 4.39 Å². The predicted molar refractivity (Wildman–Crippen MR) is 103 cm³/mol. The van der Waals surface area contributed by atoms with Crippen molar-refractivity contribution in [3.8, 4) is 0 Å². The monoisotopic (exact) mass is 387 g/mol. The fourth-order valence-electron chi connectivity index (χ4n) is 3.18. The van der Waals surface area contributed by atoms with Gasteiger partial charge in [-0.2, -0.15) is 0 Å². The zero-order chi connectivity index (χ0) is 19.2. The summed E-state index contributed by atoms with van der Waals surface area (Å²) < 4.78 is 18.8. The maximum absolute atomic E-state index is 13.6. The lowest BCUT2D eigenvalue weighted by atomic mass is 9.87. The van der Waals surface area contributed by atoms with E-state index in [1.54, 1.807) is 25.1 Å². The first kappa shape index (κ1) is 19.4. The number of benzene rings is 2. The standard InChI is InChI=1S/C21H22FNO3S/c1-14(26-20(24)13-27-19-12-5-4-10-17(19)22)21(25)23-18-11-6-8-15-7-2-3-9-16(15)18/h2-5,7,9-10,12,14,18H,6,8,11,13H2,1H3,(H,23,25)/t14-,18+/m1/s1. The summed E-state index contributed by atoms with van der Waals surface area (Å²) in [7, 11) is 0. The normalized spacial score (nSPS) is 16.9. The lowest BCUT2D eigenvalue weighted by molar-refractivity contribution is -0.152. The Balaban J connectivity index is 1.51. The van der Waals surface area contributed by atoms with E-state index < -0.39 is 12.1 Å². The van der Waals surface area contributed by atoms with Crippen molar-refractivity contribution >= 4 is 23.6 Å². The average Bonchev–Trinajstić information content (AvgIpc) is 2.67. The predicted octanol–water partition coefficient (Wildman–Crippen LogP) is 4.04. The van der Waals surface area contributed by atoms with E-state index in [0.29, 0.717) is 4.90 Å². The molecule has 2 aromatic rings. The molecule has 0 heterocycles. The molecule has 0 aliphatic heterocycles. The van der Waals surface area contributed by atoms with Gasteiger partial charge in [0.25, 0.3) is 5.91 Å². The lowest BCUT2D eigenvalue weighted by Gasteiger charge is -2.27. The van der Waals surface area contributed by atoms with Crippen LogP contribution in [0.15, 0.2) is 53.4 Å². The van der Waals surface area contributed by atoms with Gasteiger partial charge in [0.1, 0.15) is 5.82 Å². The van der Waals surface area contributed by atoms with Gasteiger partial charge < -0.3 is 10.1 Å². The molecule has 1 aliphatic carbocycles. The number of hydrogen-bond acceptors (Lipinski definition) is 4. The van der Waals surface area contributed by atoms with E-state index in [1.807, 2.05) is 18.2 Å². The van der Waals surface area contributed by atoms with Gasteiger partial charge >= 0.3 is 5.97 Å². The summed E-state index contributed by atoms with van der Waals surface area (Å²) in [6.07, 6.45) is 2.00. The number of amides is 1. The van der Waals surface area contributed by atoms with Crippen molar-refractivity contribution in [1.29, 1.82) is 0 Å². The number of carbonyl (C=O) groups is 2. The number of thioether (sulfide) groups is 1. The van der Waals surface area contributed by atoms with Crippen molar-refractivity contribution in [2.75, 3.05) is 5.75 Å². The van der Waals surface area contributed by atoms with Crippen molar-refractivity contribution in [2.45, 2.75) is 43.2 Å². The lowest BCUT2D eigenvalue weighted by Crippen LogP contribution is -2.39. The molecule has 2 aromatic carbocycles.